The fraction of sp³-hybridized carbons (Fsp3) is 0.720. The topological polar surface area (TPSA) is 38.3 Å². The van der Waals surface area contributed by atoms with Crippen LogP contribution < -0.4 is 10.1 Å². The summed E-state index contributed by atoms with van der Waals surface area (Å²) >= 11 is 6.04. The Hall–Kier alpha value is -1.22. The van der Waals surface area contributed by atoms with Gasteiger partial charge in [-0.2, -0.15) is 0 Å². The molecule has 4 unspecified atom stereocenters. The van der Waals surface area contributed by atoms with Crippen molar-refractivity contribution in [2.75, 3.05) is 0 Å². The first-order valence-corrected chi connectivity index (χ1v) is 11.9. The van der Waals surface area contributed by atoms with E-state index < -0.39 is 0 Å². The maximum atomic E-state index is 12.1. The summed E-state index contributed by atoms with van der Waals surface area (Å²) in [5.74, 6) is 4.07. The summed E-state index contributed by atoms with van der Waals surface area (Å²) in [5.41, 5.74) is 0.648. The molecule has 0 bridgehead atoms. The minimum Gasteiger partial charge on any atom is -0.490 e. The van der Waals surface area contributed by atoms with E-state index in [1.807, 2.05) is 24.3 Å². The number of amides is 1. The molecule has 1 aromatic carbocycles. The van der Waals surface area contributed by atoms with Gasteiger partial charge in [-0.1, -0.05) is 32.4 Å². The maximum Gasteiger partial charge on any atom is 0.220 e. The van der Waals surface area contributed by atoms with Gasteiger partial charge < -0.3 is 10.1 Å². The number of carbonyl (C=O) groups excluding carboxylic acids is 1. The van der Waals surface area contributed by atoms with Gasteiger partial charge in [0.2, 0.25) is 5.91 Å². The van der Waals surface area contributed by atoms with Crippen molar-refractivity contribution >= 4 is 17.5 Å². The second-order valence-electron chi connectivity index (χ2n) is 11.0. The monoisotopic (exact) mass is 415 g/mol. The lowest BCUT2D eigenvalue weighted by Gasteiger charge is -2.61. The molecule has 4 aliphatic rings. The SMILES string of the molecule is C[C@H]1CC2NC(=O)CC[C@]2(C)C2CC[C@]3(C)C[C@@H](Oc4ccc(Cl)cc4)CC3C21. The van der Waals surface area contributed by atoms with E-state index in [-0.39, 0.29) is 11.3 Å². The van der Waals surface area contributed by atoms with Gasteiger partial charge in [-0.3, -0.25) is 4.79 Å². The smallest absolute Gasteiger partial charge is 0.220 e. The van der Waals surface area contributed by atoms with Crippen LogP contribution in [0.4, 0.5) is 0 Å². The van der Waals surface area contributed by atoms with E-state index in [0.717, 1.165) is 54.2 Å². The van der Waals surface area contributed by atoms with Gasteiger partial charge in [0, 0.05) is 17.5 Å². The molecule has 1 N–H and O–H groups in total. The number of fused-ring (bicyclic) bond motifs is 5. The second kappa shape index (κ2) is 6.90. The van der Waals surface area contributed by atoms with Crippen LogP contribution >= 0.6 is 11.6 Å². The Morgan fingerprint density at radius 1 is 1.10 bits per heavy atom. The van der Waals surface area contributed by atoms with Gasteiger partial charge in [0.1, 0.15) is 5.75 Å². The third-order valence-corrected chi connectivity index (χ3v) is 9.56. The number of benzene rings is 1. The van der Waals surface area contributed by atoms with Crippen molar-refractivity contribution in [3.8, 4) is 5.75 Å². The number of hydrogen-bond donors (Lipinski definition) is 1. The molecule has 4 heteroatoms. The predicted molar refractivity (Wildman–Crippen MR) is 116 cm³/mol. The van der Waals surface area contributed by atoms with Crippen LogP contribution in [0, 0.1) is 34.5 Å². The van der Waals surface area contributed by atoms with E-state index in [1.165, 1.54) is 12.8 Å². The standard InChI is InChI=1S/C25H34ClNO2/c1-15-12-21-25(3,11-9-22(28)27-21)19-8-10-24(2)14-18(13-20(24)23(15)19)29-17-6-4-16(26)5-7-17/h4-7,15,18-21,23H,8-14H2,1-3H3,(H,27,28)/t15-,18-,19?,20?,21?,23?,24+,25+/m0/s1. The predicted octanol–water partition coefficient (Wildman–Crippen LogP) is 5.85. The Kier molecular flexibility index (Phi) is 4.70. The molecule has 1 amide bonds. The molecule has 3 saturated carbocycles. The summed E-state index contributed by atoms with van der Waals surface area (Å²) in [6, 6.07) is 8.19. The molecular weight excluding hydrogens is 382 g/mol. The molecule has 1 saturated heterocycles. The van der Waals surface area contributed by atoms with Crippen molar-refractivity contribution in [1.29, 1.82) is 0 Å². The van der Waals surface area contributed by atoms with Gasteiger partial charge in [0.05, 0.1) is 6.10 Å². The van der Waals surface area contributed by atoms with Gasteiger partial charge in [-0.25, -0.2) is 0 Å². The van der Waals surface area contributed by atoms with E-state index in [0.29, 0.717) is 29.9 Å². The molecule has 158 valence electrons. The highest BCUT2D eigenvalue weighted by molar-refractivity contribution is 6.30. The lowest BCUT2D eigenvalue weighted by atomic mass is 9.45. The van der Waals surface area contributed by atoms with Crippen LogP contribution in [0.3, 0.4) is 0 Å². The van der Waals surface area contributed by atoms with Crippen LogP contribution in [0.5, 0.6) is 5.75 Å². The average molecular weight is 416 g/mol. The molecule has 1 aliphatic heterocycles. The summed E-state index contributed by atoms with van der Waals surface area (Å²) < 4.78 is 6.43. The molecule has 8 atom stereocenters. The number of ether oxygens (including phenoxy) is 1. The Morgan fingerprint density at radius 3 is 2.62 bits per heavy atom. The van der Waals surface area contributed by atoms with Crippen molar-refractivity contribution < 1.29 is 9.53 Å². The van der Waals surface area contributed by atoms with Crippen LogP contribution in [0.25, 0.3) is 0 Å². The molecule has 5 rings (SSSR count). The van der Waals surface area contributed by atoms with Crippen LogP contribution in [-0.2, 0) is 4.79 Å². The van der Waals surface area contributed by atoms with Crippen molar-refractivity contribution in [3.05, 3.63) is 29.3 Å². The summed E-state index contributed by atoms with van der Waals surface area (Å²) in [5, 5.41) is 4.12. The van der Waals surface area contributed by atoms with Crippen LogP contribution in [0.2, 0.25) is 5.02 Å². The molecule has 1 aromatic rings. The summed E-state index contributed by atoms with van der Waals surface area (Å²) in [7, 11) is 0. The minimum absolute atomic E-state index is 0.260. The van der Waals surface area contributed by atoms with Crippen LogP contribution in [0.15, 0.2) is 24.3 Å². The van der Waals surface area contributed by atoms with E-state index >= 15 is 0 Å². The average Bonchev–Trinajstić information content (AvgIpc) is 3.01. The summed E-state index contributed by atoms with van der Waals surface area (Å²) in [6.07, 6.45) is 8.12. The van der Waals surface area contributed by atoms with E-state index in [9.17, 15) is 4.79 Å². The molecule has 0 radical (unpaired) electrons. The van der Waals surface area contributed by atoms with Gasteiger partial charge in [0.25, 0.3) is 0 Å². The highest BCUT2D eigenvalue weighted by Gasteiger charge is 2.61. The van der Waals surface area contributed by atoms with Gasteiger partial charge in [-0.05, 0) is 97.3 Å². The van der Waals surface area contributed by atoms with Crippen LogP contribution in [0.1, 0.15) is 65.7 Å². The normalized spacial score (nSPS) is 46.3. The van der Waals surface area contributed by atoms with Gasteiger partial charge in [0.15, 0.2) is 0 Å². The molecule has 0 spiro atoms. The lowest BCUT2D eigenvalue weighted by Crippen LogP contribution is -2.62. The quantitative estimate of drug-likeness (QED) is 0.657. The molecule has 0 aromatic heterocycles. The fourth-order valence-electron chi connectivity index (χ4n) is 7.84. The van der Waals surface area contributed by atoms with Crippen molar-refractivity contribution in [3.63, 3.8) is 0 Å². The second-order valence-corrected chi connectivity index (χ2v) is 11.4. The zero-order valence-corrected chi connectivity index (χ0v) is 18.7. The number of rotatable bonds is 2. The summed E-state index contributed by atoms with van der Waals surface area (Å²) in [6.45, 7) is 7.43. The molecule has 4 fully saturated rings. The van der Waals surface area contributed by atoms with E-state index in [1.54, 1.807) is 0 Å². The Balaban J connectivity index is 1.38. The maximum absolute atomic E-state index is 12.1. The minimum atomic E-state index is 0.260. The van der Waals surface area contributed by atoms with Crippen LogP contribution in [-0.4, -0.2) is 18.1 Å². The van der Waals surface area contributed by atoms with E-state index in [2.05, 4.69) is 26.1 Å². The van der Waals surface area contributed by atoms with Crippen molar-refractivity contribution in [2.24, 2.45) is 34.5 Å². The first-order valence-electron chi connectivity index (χ1n) is 11.5. The number of nitrogens with one attached hydrogen (secondary N) is 1. The zero-order chi connectivity index (χ0) is 20.4. The Bertz CT molecular complexity index is 795. The van der Waals surface area contributed by atoms with Crippen molar-refractivity contribution in [2.45, 2.75) is 77.9 Å². The first-order chi connectivity index (χ1) is 13.8. The Morgan fingerprint density at radius 2 is 1.86 bits per heavy atom. The lowest BCUT2D eigenvalue weighted by molar-refractivity contribution is -0.141. The molecule has 1 heterocycles. The number of hydrogen-bond acceptors (Lipinski definition) is 2. The first kappa shape index (κ1) is 19.7. The van der Waals surface area contributed by atoms with Crippen molar-refractivity contribution in [1.82, 2.24) is 5.32 Å². The third kappa shape index (κ3) is 3.19. The molecular formula is C25H34ClNO2. The summed E-state index contributed by atoms with van der Waals surface area (Å²) in [4.78, 5) is 12.1. The number of halogens is 1. The highest BCUT2D eigenvalue weighted by Crippen LogP contribution is 2.65. The van der Waals surface area contributed by atoms with Gasteiger partial charge in [-0.15, -0.1) is 0 Å². The zero-order valence-electron chi connectivity index (χ0n) is 17.9. The number of piperidine rings is 1. The van der Waals surface area contributed by atoms with Gasteiger partial charge >= 0.3 is 0 Å². The largest absolute Gasteiger partial charge is 0.490 e. The number of carbonyl (C=O) groups is 1. The highest BCUT2D eigenvalue weighted by atomic mass is 35.5. The third-order valence-electron chi connectivity index (χ3n) is 9.31. The van der Waals surface area contributed by atoms with E-state index in [4.69, 9.17) is 16.3 Å². The molecule has 3 aliphatic carbocycles. The molecule has 3 nitrogen and oxygen atoms in total. The Labute approximate surface area is 179 Å². The molecule has 29 heavy (non-hydrogen) atoms. The fourth-order valence-corrected chi connectivity index (χ4v) is 7.96.